The number of hydrogen-bond donors (Lipinski definition) is 3. The zero-order valence-electron chi connectivity index (χ0n) is 30.2. The van der Waals surface area contributed by atoms with Crippen molar-refractivity contribution in [2.75, 3.05) is 18.1 Å². The lowest BCUT2D eigenvalue weighted by molar-refractivity contribution is -0.0334. The highest BCUT2D eigenvalue weighted by Crippen LogP contribution is 2.68. The van der Waals surface area contributed by atoms with E-state index in [9.17, 15) is 35.9 Å². The summed E-state index contributed by atoms with van der Waals surface area (Å²) in [6.07, 6.45) is -4.77. The van der Waals surface area contributed by atoms with Gasteiger partial charge in [-0.1, -0.05) is 11.6 Å². The molecule has 2 aliphatic carbocycles. The summed E-state index contributed by atoms with van der Waals surface area (Å²) >= 11 is 6.55. The minimum Gasteiger partial charge on any atom is -0.497 e. The van der Waals surface area contributed by atoms with Gasteiger partial charge in [0.25, 0.3) is 17.9 Å². The number of ether oxygens (including phenoxy) is 1. The normalized spacial score (nSPS) is 18.2. The fraction of sp³-hybridized carbons (Fsp3) is 0.333. The number of sulfonamides is 1. The summed E-state index contributed by atoms with van der Waals surface area (Å²) in [5, 5.41) is 21.7. The zero-order valence-corrected chi connectivity index (χ0v) is 31.8. The average molecular weight is 855 g/mol. The molecule has 0 saturated heterocycles. The zero-order chi connectivity index (χ0) is 41.7. The molecular weight excluding hydrogens is 825 g/mol. The molecule has 22 heteroatoms. The van der Waals surface area contributed by atoms with E-state index in [1.165, 1.54) is 37.0 Å². The third-order valence-electron chi connectivity index (χ3n) is 10.2. The molecule has 1 fully saturated rings. The van der Waals surface area contributed by atoms with Crippen LogP contribution in [0.2, 0.25) is 5.02 Å². The summed E-state index contributed by atoms with van der Waals surface area (Å²) in [6, 6.07) is 5.73. The molecule has 58 heavy (non-hydrogen) atoms. The van der Waals surface area contributed by atoms with E-state index in [1.54, 1.807) is 0 Å². The molecule has 3 N–H and O–H groups in total. The first-order chi connectivity index (χ1) is 27.3. The number of anilines is 1. The number of aliphatic hydroxyl groups excluding tert-OH is 1. The number of hydrogen-bond acceptors (Lipinski definition) is 9. The van der Waals surface area contributed by atoms with Crippen molar-refractivity contribution in [3.05, 3.63) is 104 Å². The second-order valence-corrected chi connectivity index (χ2v) is 16.3. The molecule has 6 aromatic rings. The van der Waals surface area contributed by atoms with E-state index in [-0.39, 0.29) is 62.1 Å². The highest BCUT2D eigenvalue weighted by atomic mass is 35.5. The molecular formula is C36H30ClF7N8O5S. The first kappa shape index (κ1) is 39.6. The summed E-state index contributed by atoms with van der Waals surface area (Å²) in [4.78, 5) is 19.3. The smallest absolute Gasteiger partial charge is 0.293 e. The molecule has 0 radical (unpaired) electrons. The highest BCUT2D eigenvalue weighted by Gasteiger charge is 2.67. The van der Waals surface area contributed by atoms with Gasteiger partial charge in [-0.3, -0.25) is 28.8 Å². The Morgan fingerprint density at radius 1 is 1.07 bits per heavy atom. The summed E-state index contributed by atoms with van der Waals surface area (Å²) in [5.41, 5.74) is -3.40. The maximum Gasteiger partial charge on any atom is 0.293 e. The minimum atomic E-state index is -3.94. The van der Waals surface area contributed by atoms with Gasteiger partial charge in [-0.2, -0.15) is 19.0 Å². The molecule has 4 atom stereocenters. The predicted molar refractivity (Wildman–Crippen MR) is 195 cm³/mol. The number of aliphatic hydroxyl groups is 1. The fourth-order valence-electron chi connectivity index (χ4n) is 7.86. The fourth-order valence-corrected chi connectivity index (χ4v) is 8.60. The number of benzene rings is 3. The molecule has 0 spiro atoms. The number of alkyl halides is 4. The molecule has 0 aliphatic heterocycles. The summed E-state index contributed by atoms with van der Waals surface area (Å²) in [6.45, 7) is -0.841. The van der Waals surface area contributed by atoms with Gasteiger partial charge in [-0.25, -0.2) is 35.4 Å². The van der Waals surface area contributed by atoms with Crippen LogP contribution in [0.15, 0.2) is 47.3 Å². The molecule has 8 rings (SSSR count). The van der Waals surface area contributed by atoms with E-state index < -0.39 is 99.2 Å². The van der Waals surface area contributed by atoms with E-state index >= 15 is 13.2 Å². The van der Waals surface area contributed by atoms with Crippen LogP contribution in [0.25, 0.3) is 27.5 Å². The average Bonchev–Trinajstić information content (AvgIpc) is 3.66. The van der Waals surface area contributed by atoms with E-state index in [0.717, 1.165) is 29.0 Å². The van der Waals surface area contributed by atoms with Crippen molar-refractivity contribution in [3.8, 4) is 11.4 Å². The van der Waals surface area contributed by atoms with Crippen LogP contribution in [0.5, 0.6) is 5.75 Å². The molecule has 3 aromatic heterocycles. The van der Waals surface area contributed by atoms with Crippen molar-refractivity contribution >= 4 is 49.2 Å². The number of aromatic nitrogens is 6. The summed E-state index contributed by atoms with van der Waals surface area (Å²) in [5.74, 6) is -9.29. The summed E-state index contributed by atoms with van der Waals surface area (Å²) < 4.78 is 139. The van der Waals surface area contributed by atoms with Gasteiger partial charge in [0, 0.05) is 36.7 Å². The van der Waals surface area contributed by atoms with Crippen LogP contribution in [0.4, 0.5) is 36.6 Å². The van der Waals surface area contributed by atoms with Crippen molar-refractivity contribution in [1.82, 2.24) is 34.4 Å². The van der Waals surface area contributed by atoms with Gasteiger partial charge in [0.05, 0.1) is 53.1 Å². The van der Waals surface area contributed by atoms with Gasteiger partial charge >= 0.3 is 0 Å². The van der Waals surface area contributed by atoms with Crippen LogP contribution in [0, 0.1) is 23.4 Å². The topological polar surface area (TPSA) is 158 Å². The lowest BCUT2D eigenvalue weighted by atomic mass is 10.0. The molecule has 306 valence electrons. The van der Waals surface area contributed by atoms with Crippen LogP contribution in [0.3, 0.4) is 0 Å². The van der Waals surface area contributed by atoms with Gasteiger partial charge in [-0.15, -0.1) is 0 Å². The van der Waals surface area contributed by atoms with Crippen LogP contribution in [0.1, 0.15) is 53.1 Å². The number of nitrogens with one attached hydrogen (secondary N) is 2. The van der Waals surface area contributed by atoms with Crippen molar-refractivity contribution in [2.45, 2.75) is 49.9 Å². The highest BCUT2D eigenvalue weighted by molar-refractivity contribution is 7.92. The SMILES string of the molecule is COc1cc(F)c2c(=O)n(-c3ccc(Cl)c4c(NS(C)(=O)=O)nn(C)c34)c([C@H](Cc3cc(F)cc(F)c3)NC(O)Cn3nc(C(F)F)c4c3C(F)(F)[C@@H]3C[C@H]43)nc2c1. The Morgan fingerprint density at radius 2 is 1.78 bits per heavy atom. The van der Waals surface area contributed by atoms with Crippen LogP contribution in [-0.4, -0.2) is 62.2 Å². The Morgan fingerprint density at radius 3 is 2.43 bits per heavy atom. The van der Waals surface area contributed by atoms with E-state index in [4.69, 9.17) is 16.3 Å². The number of nitrogens with zero attached hydrogens (tertiary/aromatic N) is 6. The maximum atomic E-state index is 15.8. The van der Waals surface area contributed by atoms with Crippen molar-refractivity contribution in [2.24, 2.45) is 13.0 Å². The number of rotatable bonds is 12. The molecule has 3 aromatic carbocycles. The van der Waals surface area contributed by atoms with Crippen LogP contribution in [-0.2, 0) is 36.0 Å². The van der Waals surface area contributed by atoms with Gasteiger partial charge in [0.2, 0.25) is 10.0 Å². The van der Waals surface area contributed by atoms with Crippen molar-refractivity contribution < 1.29 is 49.0 Å². The molecule has 0 amide bonds. The lowest BCUT2D eigenvalue weighted by Crippen LogP contribution is -2.41. The van der Waals surface area contributed by atoms with E-state index in [1.807, 2.05) is 0 Å². The number of halogens is 8. The monoisotopic (exact) mass is 854 g/mol. The number of methoxy groups -OCH3 is 1. The van der Waals surface area contributed by atoms with Gasteiger partial charge in [-0.05, 0) is 48.6 Å². The number of aryl methyl sites for hydroxylation is 1. The molecule has 13 nitrogen and oxygen atoms in total. The Hall–Kier alpha value is -5.25. The number of fused-ring (bicyclic) bond motifs is 5. The van der Waals surface area contributed by atoms with E-state index in [0.29, 0.717) is 10.7 Å². The molecule has 3 heterocycles. The standard InChI is InChI=1S/C36H30ClF7N8O5S/c1-50-30-24(5-4-20(37)27(30)33(48-50)49-58(3,55)56)52-34(46-22-11-17(57-2)10-21(40)28(22)35(52)54)23(8-14-6-15(38)9-16(39)7-14)45-25(53)13-51-31-26(29(47-51)32(41)42)18-12-19(18)36(31,43)44/h4-7,9-11,18-19,23,25,32,45,53H,8,12-13H2,1-3H3,(H,48,49)/t18-,19+,23-,25?/m0/s1. The van der Waals surface area contributed by atoms with Gasteiger partial charge < -0.3 is 9.84 Å². The Kier molecular flexibility index (Phi) is 9.52. The first-order valence-electron chi connectivity index (χ1n) is 17.4. The molecule has 2 aliphatic rings. The maximum absolute atomic E-state index is 15.8. The molecule has 1 unspecified atom stereocenters. The Balaban J connectivity index is 1.34. The molecule has 0 bridgehead atoms. The largest absolute Gasteiger partial charge is 0.497 e. The van der Waals surface area contributed by atoms with Gasteiger partial charge in [0.1, 0.15) is 52.0 Å². The summed E-state index contributed by atoms with van der Waals surface area (Å²) in [7, 11) is -1.31. The third kappa shape index (κ3) is 6.72. The minimum absolute atomic E-state index is 0.00154. The molecule has 1 saturated carbocycles. The quantitative estimate of drug-likeness (QED) is 0.0999. The Bertz CT molecular complexity index is 2830. The van der Waals surface area contributed by atoms with Gasteiger partial charge in [0.15, 0.2) is 5.82 Å². The van der Waals surface area contributed by atoms with E-state index in [2.05, 4.69) is 25.2 Å². The first-order valence-corrected chi connectivity index (χ1v) is 19.6. The van der Waals surface area contributed by atoms with Crippen LogP contribution >= 0.6 is 11.6 Å². The van der Waals surface area contributed by atoms with Crippen molar-refractivity contribution in [1.29, 1.82) is 0 Å². The lowest BCUT2D eigenvalue weighted by Gasteiger charge is -2.27. The van der Waals surface area contributed by atoms with Crippen LogP contribution < -0.4 is 20.3 Å². The Labute approximate surface area is 328 Å². The second-order valence-electron chi connectivity index (χ2n) is 14.2. The third-order valence-corrected chi connectivity index (χ3v) is 11.1. The predicted octanol–water partition coefficient (Wildman–Crippen LogP) is 5.96. The van der Waals surface area contributed by atoms with Crippen molar-refractivity contribution in [3.63, 3.8) is 0 Å². The second kappa shape index (κ2) is 13.9.